The van der Waals surface area contributed by atoms with E-state index in [1.165, 1.54) is 38.2 Å². The van der Waals surface area contributed by atoms with Crippen molar-refractivity contribution in [3.8, 4) is 0 Å². The maximum atomic E-state index is 12.9. The summed E-state index contributed by atoms with van der Waals surface area (Å²) >= 11 is 0. The maximum absolute atomic E-state index is 12.9. The molecule has 1 heterocycles. The van der Waals surface area contributed by atoms with Crippen LogP contribution in [0.1, 0.15) is 171 Å². The number of allylic oxidation sites excluding steroid dienone is 1. The van der Waals surface area contributed by atoms with Gasteiger partial charge in [0.15, 0.2) is 6.29 Å². The minimum Gasteiger partial charge on any atom is -0.394 e. The second-order valence-corrected chi connectivity index (χ2v) is 14.3. The van der Waals surface area contributed by atoms with Crippen LogP contribution in [0.15, 0.2) is 12.2 Å². The van der Waals surface area contributed by atoms with Crippen molar-refractivity contribution in [1.29, 1.82) is 0 Å². The van der Waals surface area contributed by atoms with E-state index in [1.807, 2.05) is 0 Å². The zero-order valence-electron chi connectivity index (χ0n) is 37.1. The maximum Gasteiger partial charge on any atom is 0.397 e. The number of rotatable bonds is 32. The predicted octanol–water partition coefficient (Wildman–Crippen LogP) is 6.04. The van der Waals surface area contributed by atoms with E-state index in [1.54, 1.807) is 6.08 Å². The standard InChI is InChI=1S/C37H71NO11S/c1-3-5-7-9-11-13-15-16-17-18-20-22-24-26-31(40)30(38-33(41)27-25-23-21-19-14-12-10-8-6-4-2)29-47-37-35(43)36(49-50(44,45)46)34(42)32(28-39)48-37/h24,26,30-32,34-37,39-40,42-43H,3-23,25,27-29H2,1-2H3,(H,38,41)(H,44,45,46)/b26-24+/t30-,31+,32+,34-,35+,36-,37+/m0/s1/i1D3,3D2,5D2. The molecule has 0 aromatic rings. The summed E-state index contributed by atoms with van der Waals surface area (Å²) in [7, 11) is -5.12. The lowest BCUT2D eigenvalue weighted by Gasteiger charge is -2.41. The Kier molecular flexibility index (Phi) is 21.0. The monoisotopic (exact) mass is 745 g/mol. The fraction of sp³-hybridized carbons (Fsp3) is 0.919. The van der Waals surface area contributed by atoms with Crippen molar-refractivity contribution < 1.29 is 61.4 Å². The number of unbranched alkanes of at least 4 members (excludes halogenated alkanes) is 17. The molecule has 1 fully saturated rings. The number of ether oxygens (including phenoxy) is 2. The molecular weight excluding hydrogens is 666 g/mol. The van der Waals surface area contributed by atoms with Crippen LogP contribution in [0, 0.1) is 0 Å². The molecule has 1 saturated heterocycles. The Bertz CT molecular complexity index is 1230. The summed E-state index contributed by atoms with van der Waals surface area (Å²) in [6, 6.07) is -1.02. The Labute approximate surface area is 312 Å². The quantitative estimate of drug-likeness (QED) is 0.0267. The third-order valence-corrected chi connectivity index (χ3v) is 9.32. The molecule has 1 aliphatic heterocycles. The highest BCUT2D eigenvalue weighted by atomic mass is 32.3. The molecule has 1 amide bonds. The third-order valence-electron chi connectivity index (χ3n) is 8.85. The van der Waals surface area contributed by atoms with Crippen LogP contribution < -0.4 is 5.32 Å². The van der Waals surface area contributed by atoms with Crippen molar-refractivity contribution in [3.05, 3.63) is 12.2 Å². The first-order chi connectivity index (χ1) is 26.7. The average Bonchev–Trinajstić information content (AvgIpc) is 3.12. The zero-order valence-corrected chi connectivity index (χ0v) is 30.9. The lowest BCUT2D eigenvalue weighted by Crippen LogP contribution is -2.61. The number of carbonyl (C=O) groups is 1. The molecule has 0 bridgehead atoms. The number of hydrogen-bond donors (Lipinski definition) is 6. The normalized spacial score (nSPS) is 25.5. The number of carbonyl (C=O) groups excluding carboxylic acids is 1. The van der Waals surface area contributed by atoms with E-state index in [0.717, 1.165) is 64.2 Å². The molecule has 0 unspecified atom stereocenters. The van der Waals surface area contributed by atoms with Crippen molar-refractivity contribution in [2.24, 2.45) is 0 Å². The van der Waals surface area contributed by atoms with Gasteiger partial charge >= 0.3 is 10.4 Å². The third kappa shape index (κ3) is 22.7. The van der Waals surface area contributed by atoms with Crippen LogP contribution in [-0.4, -0.2) is 95.4 Å². The molecule has 0 radical (unpaired) electrons. The van der Waals surface area contributed by atoms with E-state index in [-0.39, 0.29) is 18.7 Å². The highest BCUT2D eigenvalue weighted by Gasteiger charge is 2.48. The van der Waals surface area contributed by atoms with Crippen LogP contribution in [0.5, 0.6) is 0 Å². The molecule has 296 valence electrons. The molecule has 0 saturated carbocycles. The molecule has 50 heavy (non-hydrogen) atoms. The van der Waals surface area contributed by atoms with Gasteiger partial charge in [0.05, 0.1) is 25.4 Å². The summed E-state index contributed by atoms with van der Waals surface area (Å²) in [5, 5.41) is 44.4. The van der Waals surface area contributed by atoms with Gasteiger partial charge in [0, 0.05) is 16.0 Å². The van der Waals surface area contributed by atoms with Gasteiger partial charge in [-0.15, -0.1) is 0 Å². The smallest absolute Gasteiger partial charge is 0.394 e. The molecule has 0 aliphatic carbocycles. The summed E-state index contributed by atoms with van der Waals surface area (Å²) < 4.78 is 100. The Morgan fingerprint density at radius 3 is 2.02 bits per heavy atom. The number of aliphatic hydroxyl groups is 4. The largest absolute Gasteiger partial charge is 0.397 e. The highest BCUT2D eigenvalue weighted by molar-refractivity contribution is 7.80. The Balaban J connectivity index is 2.63. The fourth-order valence-electron chi connectivity index (χ4n) is 5.89. The van der Waals surface area contributed by atoms with Crippen molar-refractivity contribution in [1.82, 2.24) is 5.32 Å². The van der Waals surface area contributed by atoms with E-state index in [4.69, 9.17) is 23.6 Å². The molecule has 1 aliphatic rings. The first-order valence-corrected chi connectivity index (χ1v) is 20.1. The van der Waals surface area contributed by atoms with Gasteiger partial charge in [0.1, 0.15) is 24.4 Å². The zero-order chi connectivity index (χ0) is 43.1. The molecule has 6 N–H and O–H groups in total. The van der Waals surface area contributed by atoms with Crippen LogP contribution in [0.3, 0.4) is 0 Å². The van der Waals surface area contributed by atoms with Crippen molar-refractivity contribution in [3.63, 3.8) is 0 Å². The Morgan fingerprint density at radius 1 is 0.900 bits per heavy atom. The second-order valence-electron chi connectivity index (χ2n) is 13.2. The van der Waals surface area contributed by atoms with Crippen molar-refractivity contribution >= 4 is 16.3 Å². The molecule has 0 aromatic heterocycles. The van der Waals surface area contributed by atoms with E-state index in [2.05, 4.69) is 16.4 Å². The van der Waals surface area contributed by atoms with Crippen LogP contribution in [0.2, 0.25) is 0 Å². The summed E-state index contributed by atoms with van der Waals surface area (Å²) in [6.45, 7) is -2.07. The van der Waals surface area contributed by atoms with Gasteiger partial charge in [-0.2, -0.15) is 8.42 Å². The topological polar surface area (TPSA) is 192 Å². The van der Waals surface area contributed by atoms with Gasteiger partial charge in [0.25, 0.3) is 0 Å². The predicted molar refractivity (Wildman–Crippen MR) is 195 cm³/mol. The SMILES string of the molecule is [2H]C([2H])([2H])C([2H])([2H])C([2H])([2H])CCCCCCCCCC/C=C/[C@@H](O)[C@H](CO[C@@H]1O[C@H](CO)[C@H](O)[C@H](OS(=O)(=O)O)[C@H]1O)NC(=O)CCCCCCCCCCCC. The van der Waals surface area contributed by atoms with Crippen molar-refractivity contribution in [2.45, 2.75) is 204 Å². The van der Waals surface area contributed by atoms with Crippen LogP contribution in [-0.2, 0) is 28.9 Å². The lowest BCUT2D eigenvalue weighted by molar-refractivity contribution is -0.298. The Hall–Kier alpha value is -1.16. The van der Waals surface area contributed by atoms with Gasteiger partial charge in [-0.05, 0) is 19.3 Å². The van der Waals surface area contributed by atoms with Crippen molar-refractivity contribution in [2.75, 3.05) is 13.2 Å². The number of aliphatic hydroxyl groups excluding tert-OH is 4. The van der Waals surface area contributed by atoms with Gasteiger partial charge in [-0.25, -0.2) is 4.18 Å². The second kappa shape index (κ2) is 29.3. The van der Waals surface area contributed by atoms with Gasteiger partial charge in [-0.3, -0.25) is 9.35 Å². The number of nitrogens with one attached hydrogen (secondary N) is 1. The van der Waals surface area contributed by atoms with Gasteiger partial charge < -0.3 is 35.2 Å². The number of amides is 1. The first kappa shape index (κ1) is 35.8. The summed E-state index contributed by atoms with van der Waals surface area (Å²) in [5.41, 5.74) is 0. The van der Waals surface area contributed by atoms with E-state index < -0.39 is 86.1 Å². The summed E-state index contributed by atoms with van der Waals surface area (Å²) in [4.78, 5) is 12.9. The van der Waals surface area contributed by atoms with Crippen LogP contribution in [0.25, 0.3) is 0 Å². The minimum atomic E-state index is -5.12. The van der Waals surface area contributed by atoms with Crippen LogP contribution in [0.4, 0.5) is 0 Å². The Morgan fingerprint density at radius 2 is 1.46 bits per heavy atom. The lowest BCUT2D eigenvalue weighted by atomic mass is 9.99. The average molecular weight is 745 g/mol. The van der Waals surface area contributed by atoms with E-state index in [9.17, 15) is 33.6 Å². The molecule has 0 aromatic carbocycles. The minimum absolute atomic E-state index is 0.163. The molecule has 13 heteroatoms. The highest BCUT2D eigenvalue weighted by Crippen LogP contribution is 2.26. The van der Waals surface area contributed by atoms with E-state index >= 15 is 0 Å². The molecule has 12 nitrogen and oxygen atoms in total. The number of hydrogen-bond acceptors (Lipinski definition) is 10. The van der Waals surface area contributed by atoms with Crippen LogP contribution >= 0.6 is 0 Å². The fourth-order valence-corrected chi connectivity index (χ4v) is 6.40. The molecule has 7 atom stereocenters. The molecule has 0 spiro atoms. The van der Waals surface area contributed by atoms with E-state index in [0.29, 0.717) is 25.7 Å². The summed E-state index contributed by atoms with van der Waals surface area (Å²) in [6.07, 6.45) is 5.96. The first-order valence-electron chi connectivity index (χ1n) is 22.2. The summed E-state index contributed by atoms with van der Waals surface area (Å²) in [5.74, 6) is -0.327. The van der Waals surface area contributed by atoms with Gasteiger partial charge in [0.2, 0.25) is 5.91 Å². The molecular formula is C37H71NO11S. The van der Waals surface area contributed by atoms with Gasteiger partial charge in [-0.1, -0.05) is 148 Å². The molecule has 1 rings (SSSR count).